The minimum atomic E-state index is -1.10. The molecule has 0 saturated heterocycles. The van der Waals surface area contributed by atoms with Gasteiger partial charge in [-0.3, -0.25) is 4.79 Å². The molecule has 2 atom stereocenters. The highest BCUT2D eigenvalue weighted by Crippen LogP contribution is 2.34. The summed E-state index contributed by atoms with van der Waals surface area (Å²) in [6.45, 7) is 2.03. The van der Waals surface area contributed by atoms with Crippen LogP contribution in [0, 0.1) is 0 Å². The van der Waals surface area contributed by atoms with E-state index in [4.69, 9.17) is 4.74 Å². The van der Waals surface area contributed by atoms with E-state index in [0.29, 0.717) is 12.0 Å². The molecule has 0 saturated carbocycles. The maximum atomic E-state index is 13.0. The monoisotopic (exact) mass is 382 g/mol. The minimum absolute atomic E-state index is 0.0875. The maximum absolute atomic E-state index is 13.0. The number of alkyl carbamates (subject to hydrolysis) is 1. The molecule has 0 aromatic heterocycles. The number of nitrogens with zero attached hydrogens (tertiary/aromatic N) is 1. The maximum Gasteiger partial charge on any atom is 0.408 e. The second-order valence-electron chi connectivity index (χ2n) is 6.57. The summed E-state index contributed by atoms with van der Waals surface area (Å²) in [4.78, 5) is 38.1. The first-order valence-corrected chi connectivity index (χ1v) is 9.09. The van der Waals surface area contributed by atoms with E-state index in [9.17, 15) is 19.5 Å². The van der Waals surface area contributed by atoms with Gasteiger partial charge in [0.1, 0.15) is 12.6 Å². The highest BCUT2D eigenvalue weighted by atomic mass is 16.5. The van der Waals surface area contributed by atoms with Crippen LogP contribution in [0.25, 0.3) is 0 Å². The average molecular weight is 382 g/mol. The van der Waals surface area contributed by atoms with Crippen molar-refractivity contribution in [3.8, 4) is 0 Å². The van der Waals surface area contributed by atoms with Crippen molar-refractivity contribution >= 4 is 18.0 Å². The van der Waals surface area contributed by atoms with Gasteiger partial charge in [0.15, 0.2) is 6.04 Å². The van der Waals surface area contributed by atoms with Gasteiger partial charge in [-0.25, -0.2) is 9.59 Å². The van der Waals surface area contributed by atoms with Crippen molar-refractivity contribution in [2.75, 3.05) is 0 Å². The van der Waals surface area contributed by atoms with Gasteiger partial charge in [0, 0.05) is 6.54 Å². The summed E-state index contributed by atoms with van der Waals surface area (Å²) in [7, 11) is 0. The van der Waals surface area contributed by atoms with Gasteiger partial charge < -0.3 is 20.1 Å². The van der Waals surface area contributed by atoms with Crippen molar-refractivity contribution in [2.45, 2.75) is 38.6 Å². The lowest BCUT2D eigenvalue weighted by Gasteiger charge is -2.26. The van der Waals surface area contributed by atoms with Gasteiger partial charge >= 0.3 is 12.1 Å². The van der Waals surface area contributed by atoms with E-state index in [1.165, 1.54) is 4.90 Å². The van der Waals surface area contributed by atoms with Crippen LogP contribution in [-0.4, -0.2) is 34.0 Å². The van der Waals surface area contributed by atoms with Crippen LogP contribution < -0.4 is 5.32 Å². The molecule has 2 amide bonds. The Morgan fingerprint density at radius 2 is 1.82 bits per heavy atom. The lowest BCUT2D eigenvalue weighted by Crippen LogP contribution is -2.48. The fourth-order valence-electron chi connectivity index (χ4n) is 3.30. The summed E-state index contributed by atoms with van der Waals surface area (Å²) < 4.78 is 5.17. The Kier molecular flexibility index (Phi) is 5.93. The summed E-state index contributed by atoms with van der Waals surface area (Å²) in [6.07, 6.45) is -0.397. The highest BCUT2D eigenvalue weighted by Gasteiger charge is 2.40. The van der Waals surface area contributed by atoms with Crippen LogP contribution in [-0.2, 0) is 27.5 Å². The number of carbonyl (C=O) groups excluding carboxylic acids is 2. The van der Waals surface area contributed by atoms with Gasteiger partial charge in [-0.05, 0) is 23.1 Å². The third-order valence-corrected chi connectivity index (χ3v) is 4.73. The summed E-state index contributed by atoms with van der Waals surface area (Å²) >= 11 is 0. The number of benzene rings is 2. The molecule has 2 N–H and O–H groups in total. The van der Waals surface area contributed by atoms with Crippen LogP contribution in [0.4, 0.5) is 4.79 Å². The van der Waals surface area contributed by atoms with Crippen molar-refractivity contribution < 1.29 is 24.2 Å². The Hall–Kier alpha value is -3.35. The molecule has 1 aliphatic rings. The Balaban J connectivity index is 1.66. The van der Waals surface area contributed by atoms with Gasteiger partial charge in [-0.15, -0.1) is 0 Å². The standard InChI is InChI=1S/C21H22N2O5/c1-2-17(22-21(27)28-13-14-8-4-3-5-9-14)19(24)23-12-15-10-6-7-11-16(15)18(23)20(25)26/h3-11,17-18H,2,12-13H2,1H3,(H,22,27)(H,25,26)/t17-,18?/m0/s1. The van der Waals surface area contributed by atoms with E-state index < -0.39 is 30.1 Å². The van der Waals surface area contributed by atoms with E-state index in [2.05, 4.69) is 5.32 Å². The molecule has 0 radical (unpaired) electrons. The van der Waals surface area contributed by atoms with Gasteiger partial charge in [0.2, 0.25) is 5.91 Å². The summed E-state index contributed by atoms with van der Waals surface area (Å²) in [6, 6.07) is 14.4. The van der Waals surface area contributed by atoms with Crippen LogP contribution in [0.15, 0.2) is 54.6 Å². The zero-order chi connectivity index (χ0) is 20.1. The van der Waals surface area contributed by atoms with Crippen LogP contribution >= 0.6 is 0 Å². The number of carboxylic acids is 1. The Labute approximate surface area is 162 Å². The third-order valence-electron chi connectivity index (χ3n) is 4.73. The number of amides is 2. The molecule has 3 rings (SSSR count). The smallest absolute Gasteiger partial charge is 0.408 e. The van der Waals surface area contributed by atoms with Gasteiger partial charge in [0.25, 0.3) is 0 Å². The molecular weight excluding hydrogens is 360 g/mol. The number of carbonyl (C=O) groups is 3. The average Bonchev–Trinajstić information content (AvgIpc) is 3.10. The fourth-order valence-corrected chi connectivity index (χ4v) is 3.30. The summed E-state index contributed by atoms with van der Waals surface area (Å²) in [5.74, 6) is -1.54. The Morgan fingerprint density at radius 3 is 2.50 bits per heavy atom. The van der Waals surface area contributed by atoms with Crippen molar-refractivity contribution in [1.82, 2.24) is 10.2 Å². The molecule has 0 spiro atoms. The molecule has 0 aliphatic carbocycles. The molecule has 7 nitrogen and oxygen atoms in total. The molecule has 146 valence electrons. The summed E-state index contributed by atoms with van der Waals surface area (Å²) in [5, 5.41) is 12.2. The largest absolute Gasteiger partial charge is 0.479 e. The summed E-state index contributed by atoms with van der Waals surface area (Å²) in [5.41, 5.74) is 2.23. The van der Waals surface area contributed by atoms with Crippen LogP contribution in [0.1, 0.15) is 36.1 Å². The molecule has 0 bridgehead atoms. The topological polar surface area (TPSA) is 95.9 Å². The third kappa shape index (κ3) is 4.14. The first-order chi connectivity index (χ1) is 13.5. The first-order valence-electron chi connectivity index (χ1n) is 9.09. The SMILES string of the molecule is CC[C@H](NC(=O)OCc1ccccc1)C(=O)N1Cc2ccccc2C1C(=O)O. The molecule has 1 heterocycles. The first kappa shape index (κ1) is 19.4. The number of hydrogen-bond donors (Lipinski definition) is 2. The van der Waals surface area contributed by atoms with Gasteiger partial charge in [0.05, 0.1) is 0 Å². The molecule has 2 aromatic carbocycles. The molecule has 7 heteroatoms. The second kappa shape index (κ2) is 8.56. The molecule has 1 unspecified atom stereocenters. The van der Waals surface area contributed by atoms with Crippen molar-refractivity contribution in [1.29, 1.82) is 0 Å². The lowest BCUT2D eigenvalue weighted by atomic mass is 10.1. The molecule has 1 aliphatic heterocycles. The number of hydrogen-bond acceptors (Lipinski definition) is 4. The van der Waals surface area contributed by atoms with E-state index in [0.717, 1.165) is 11.1 Å². The quantitative estimate of drug-likeness (QED) is 0.801. The van der Waals surface area contributed by atoms with Gasteiger partial charge in [-0.2, -0.15) is 0 Å². The van der Waals surface area contributed by atoms with Crippen molar-refractivity contribution in [3.05, 3.63) is 71.3 Å². The number of rotatable bonds is 6. The normalized spacial score (nSPS) is 16.2. The molecule has 0 fully saturated rings. The predicted molar refractivity (Wildman–Crippen MR) is 101 cm³/mol. The number of carboxylic acid groups (broad SMARTS) is 1. The molecule has 28 heavy (non-hydrogen) atoms. The number of nitrogens with one attached hydrogen (secondary N) is 1. The Bertz CT molecular complexity index is 868. The predicted octanol–water partition coefficient (Wildman–Crippen LogP) is 2.86. The van der Waals surface area contributed by atoms with Crippen LogP contribution in [0.2, 0.25) is 0 Å². The number of aliphatic carboxylic acids is 1. The lowest BCUT2D eigenvalue weighted by molar-refractivity contribution is -0.151. The fraction of sp³-hybridized carbons (Fsp3) is 0.286. The van der Waals surface area contributed by atoms with E-state index in [-0.39, 0.29) is 13.2 Å². The number of ether oxygens (including phenoxy) is 1. The molecule has 2 aromatic rings. The second-order valence-corrected chi connectivity index (χ2v) is 6.57. The van der Waals surface area contributed by atoms with E-state index in [1.54, 1.807) is 25.1 Å². The van der Waals surface area contributed by atoms with Crippen molar-refractivity contribution in [3.63, 3.8) is 0 Å². The van der Waals surface area contributed by atoms with Crippen LogP contribution in [0.3, 0.4) is 0 Å². The zero-order valence-electron chi connectivity index (χ0n) is 15.5. The minimum Gasteiger partial charge on any atom is -0.479 e. The zero-order valence-corrected chi connectivity index (χ0v) is 15.5. The number of fused-ring (bicyclic) bond motifs is 1. The van der Waals surface area contributed by atoms with Crippen LogP contribution in [0.5, 0.6) is 0 Å². The van der Waals surface area contributed by atoms with Crippen molar-refractivity contribution in [2.24, 2.45) is 0 Å². The van der Waals surface area contributed by atoms with Gasteiger partial charge in [-0.1, -0.05) is 61.5 Å². The molecular formula is C21H22N2O5. The van der Waals surface area contributed by atoms with E-state index >= 15 is 0 Å². The highest BCUT2D eigenvalue weighted by molar-refractivity contribution is 5.91. The Morgan fingerprint density at radius 1 is 1.14 bits per heavy atom. The van der Waals surface area contributed by atoms with E-state index in [1.807, 2.05) is 36.4 Å².